The first kappa shape index (κ1) is 3.41. The minimum atomic E-state index is -0.361. The van der Waals surface area contributed by atoms with E-state index in [1.54, 1.807) is 0 Å². The highest BCUT2D eigenvalue weighted by Gasteiger charge is 2.82. The molecule has 3 heteroatoms. The molecule has 7 heavy (non-hydrogen) atoms. The number of rotatable bonds is 1. The average Bonchev–Trinajstić information content (AvgIpc) is 2.04. The summed E-state index contributed by atoms with van der Waals surface area (Å²) >= 11 is 0. The predicted molar refractivity (Wildman–Crippen MR) is 22.4 cm³/mol. The Bertz CT molecular complexity index is 137. The number of hydrogen-bond donors (Lipinski definition) is 0. The zero-order valence-corrected chi connectivity index (χ0v) is 3.76. The van der Waals surface area contributed by atoms with Gasteiger partial charge in [-0.1, -0.05) is 0 Å². The third kappa shape index (κ3) is 0.206. The lowest BCUT2D eigenvalue weighted by molar-refractivity contribution is -0.519. The van der Waals surface area contributed by atoms with Gasteiger partial charge in [0.25, 0.3) is 0 Å². The lowest BCUT2D eigenvalue weighted by Crippen LogP contribution is -2.08. The fourth-order valence-corrected chi connectivity index (χ4v) is 0.974. The maximum absolute atomic E-state index is 9.93. The summed E-state index contributed by atoms with van der Waals surface area (Å²) < 4.78 is 0. The molecule has 2 fully saturated rings. The lowest BCUT2D eigenvalue weighted by atomic mass is 10.4. The van der Waals surface area contributed by atoms with Gasteiger partial charge in [0.2, 0.25) is 5.54 Å². The van der Waals surface area contributed by atoms with E-state index in [1.165, 1.54) is 0 Å². The van der Waals surface area contributed by atoms with Crippen molar-refractivity contribution >= 4 is 0 Å². The third-order valence-corrected chi connectivity index (χ3v) is 2.00. The molecule has 0 heterocycles. The molecule has 0 aliphatic heterocycles. The minimum absolute atomic E-state index is 0.127. The average molecular weight is 99.1 g/mol. The second-order valence-corrected chi connectivity index (χ2v) is 2.47. The van der Waals surface area contributed by atoms with Crippen LogP contribution in [0.1, 0.15) is 12.8 Å². The smallest absolute Gasteiger partial charge is 0.226 e. The molecule has 0 aromatic rings. The Balaban J connectivity index is 2.22. The standard InChI is InChI=1S/C4H5NO2/c6-5(7)4-1-3(4)2-4/h3H,1-2H2. The van der Waals surface area contributed by atoms with Crippen molar-refractivity contribution in [2.45, 2.75) is 18.4 Å². The molecule has 0 unspecified atom stereocenters. The first-order valence-corrected chi connectivity index (χ1v) is 2.40. The quantitative estimate of drug-likeness (QED) is 0.353. The summed E-state index contributed by atoms with van der Waals surface area (Å²) in [5, 5.41) is 9.93. The van der Waals surface area contributed by atoms with Gasteiger partial charge in [-0.2, -0.15) is 0 Å². The third-order valence-electron chi connectivity index (χ3n) is 2.00. The number of hydrogen-bond acceptors (Lipinski definition) is 2. The normalized spacial score (nSPS) is 52.9. The molecule has 0 aromatic carbocycles. The molecule has 2 aliphatic rings. The summed E-state index contributed by atoms with van der Waals surface area (Å²) in [6.07, 6.45) is 1.72. The van der Waals surface area contributed by atoms with Crippen LogP contribution in [0.5, 0.6) is 0 Å². The van der Waals surface area contributed by atoms with Crippen LogP contribution in [0.3, 0.4) is 0 Å². The second-order valence-electron chi connectivity index (χ2n) is 2.47. The zero-order chi connectivity index (χ0) is 5.07. The number of nitro groups is 1. The van der Waals surface area contributed by atoms with Crippen molar-refractivity contribution in [3.63, 3.8) is 0 Å². The van der Waals surface area contributed by atoms with Crippen molar-refractivity contribution in [1.82, 2.24) is 0 Å². The van der Waals surface area contributed by atoms with Gasteiger partial charge in [-0.3, -0.25) is 10.1 Å². The van der Waals surface area contributed by atoms with Crippen LogP contribution in [0.2, 0.25) is 0 Å². The van der Waals surface area contributed by atoms with E-state index in [4.69, 9.17) is 0 Å². The first-order valence-electron chi connectivity index (χ1n) is 2.40. The summed E-state index contributed by atoms with van der Waals surface area (Å²) in [4.78, 5) is 9.80. The molecule has 0 saturated heterocycles. The summed E-state index contributed by atoms with van der Waals surface area (Å²) in [6, 6.07) is 0. The fourth-order valence-electron chi connectivity index (χ4n) is 0.974. The Labute approximate surface area is 40.5 Å². The molecule has 0 amide bonds. The van der Waals surface area contributed by atoms with Crippen molar-refractivity contribution in [3.8, 4) is 0 Å². The highest BCUT2D eigenvalue weighted by molar-refractivity contribution is 5.21. The van der Waals surface area contributed by atoms with Gasteiger partial charge in [0, 0.05) is 23.7 Å². The maximum Gasteiger partial charge on any atom is 0.226 e. The Morgan fingerprint density at radius 3 is 2.14 bits per heavy atom. The van der Waals surface area contributed by atoms with Gasteiger partial charge < -0.3 is 0 Å². The molecule has 0 spiro atoms. The van der Waals surface area contributed by atoms with Crippen molar-refractivity contribution in [2.75, 3.05) is 0 Å². The molecule has 38 valence electrons. The molecule has 0 bridgehead atoms. The van der Waals surface area contributed by atoms with E-state index in [2.05, 4.69) is 0 Å². The van der Waals surface area contributed by atoms with Gasteiger partial charge in [-0.05, 0) is 0 Å². The maximum atomic E-state index is 9.93. The van der Waals surface area contributed by atoms with E-state index in [1.807, 2.05) is 0 Å². The predicted octanol–water partition coefficient (Wildman–Crippen LogP) is 0.425. The highest BCUT2D eigenvalue weighted by atomic mass is 16.6. The van der Waals surface area contributed by atoms with Crippen LogP contribution in [0.4, 0.5) is 0 Å². The second kappa shape index (κ2) is 0.582. The highest BCUT2D eigenvalue weighted by Crippen LogP contribution is 2.68. The van der Waals surface area contributed by atoms with Gasteiger partial charge in [0.05, 0.1) is 0 Å². The van der Waals surface area contributed by atoms with Gasteiger partial charge in [-0.15, -0.1) is 0 Å². The summed E-state index contributed by atoms with van der Waals surface area (Å²) in [6.45, 7) is 0. The Morgan fingerprint density at radius 2 is 2.14 bits per heavy atom. The van der Waals surface area contributed by atoms with E-state index in [-0.39, 0.29) is 10.5 Å². The topological polar surface area (TPSA) is 43.1 Å². The Hall–Kier alpha value is -0.600. The van der Waals surface area contributed by atoms with Gasteiger partial charge >= 0.3 is 0 Å². The fraction of sp³-hybridized carbons (Fsp3) is 1.00. The minimum Gasteiger partial charge on any atom is -0.264 e. The zero-order valence-electron chi connectivity index (χ0n) is 3.76. The molecular weight excluding hydrogens is 94.0 g/mol. The first-order chi connectivity index (χ1) is 3.26. The van der Waals surface area contributed by atoms with Crippen LogP contribution in [-0.4, -0.2) is 10.5 Å². The molecule has 0 atom stereocenters. The summed E-state index contributed by atoms with van der Waals surface area (Å²) in [5.74, 6) is 0.488. The molecule has 2 saturated carbocycles. The van der Waals surface area contributed by atoms with Crippen molar-refractivity contribution in [3.05, 3.63) is 10.1 Å². The van der Waals surface area contributed by atoms with Gasteiger partial charge in [0.1, 0.15) is 0 Å². The number of nitrogens with zero attached hydrogens (tertiary/aromatic N) is 1. The lowest BCUT2D eigenvalue weighted by Gasteiger charge is -1.87. The van der Waals surface area contributed by atoms with Crippen LogP contribution in [0.25, 0.3) is 0 Å². The van der Waals surface area contributed by atoms with E-state index in [0.717, 1.165) is 12.8 Å². The summed E-state index contributed by atoms with van der Waals surface area (Å²) in [5.41, 5.74) is -0.361. The summed E-state index contributed by atoms with van der Waals surface area (Å²) in [7, 11) is 0. The van der Waals surface area contributed by atoms with E-state index in [9.17, 15) is 10.1 Å². The Morgan fingerprint density at radius 1 is 1.71 bits per heavy atom. The molecule has 3 nitrogen and oxygen atoms in total. The van der Waals surface area contributed by atoms with Crippen LogP contribution in [0.15, 0.2) is 0 Å². The van der Waals surface area contributed by atoms with Crippen molar-refractivity contribution < 1.29 is 4.92 Å². The SMILES string of the molecule is O=[N+]([O-])C12CC1C2. The monoisotopic (exact) mass is 99.0 g/mol. The molecule has 0 aromatic heterocycles. The van der Waals surface area contributed by atoms with E-state index >= 15 is 0 Å². The molecule has 0 N–H and O–H groups in total. The van der Waals surface area contributed by atoms with E-state index < -0.39 is 0 Å². The van der Waals surface area contributed by atoms with Crippen LogP contribution >= 0.6 is 0 Å². The molecule has 2 aliphatic carbocycles. The van der Waals surface area contributed by atoms with Gasteiger partial charge in [0.15, 0.2) is 0 Å². The van der Waals surface area contributed by atoms with Crippen molar-refractivity contribution in [1.29, 1.82) is 0 Å². The molecule has 2 rings (SSSR count). The largest absolute Gasteiger partial charge is 0.264 e. The van der Waals surface area contributed by atoms with Crippen LogP contribution in [-0.2, 0) is 0 Å². The molecule has 0 radical (unpaired) electrons. The number of fused-ring (bicyclic) bond motifs is 1. The Kier molecular flexibility index (Phi) is 0.283. The molecular formula is C4H5NO2. The van der Waals surface area contributed by atoms with E-state index in [0.29, 0.717) is 5.92 Å². The van der Waals surface area contributed by atoms with Gasteiger partial charge in [-0.25, -0.2) is 0 Å². The van der Waals surface area contributed by atoms with Crippen LogP contribution in [0, 0.1) is 16.0 Å². The van der Waals surface area contributed by atoms with Crippen LogP contribution < -0.4 is 0 Å². The van der Waals surface area contributed by atoms with Crippen molar-refractivity contribution in [2.24, 2.45) is 5.92 Å².